The number of aromatic nitrogens is 1. The van der Waals surface area contributed by atoms with Gasteiger partial charge >= 0.3 is 0 Å². The molecule has 0 saturated heterocycles. The zero-order chi connectivity index (χ0) is 13.5. The van der Waals surface area contributed by atoms with Crippen molar-refractivity contribution in [1.82, 2.24) is 4.98 Å². The number of aryl methyl sites for hydroxylation is 1. The Kier molecular flexibility index (Phi) is 4.86. The molecule has 2 aromatic rings. The van der Waals surface area contributed by atoms with Crippen molar-refractivity contribution in [3.8, 4) is 5.75 Å². The Bertz CT molecular complexity index is 543. The van der Waals surface area contributed by atoms with Gasteiger partial charge in [0, 0.05) is 12.3 Å². The molecule has 0 saturated carbocycles. The SMILES string of the molecule is NC(=S)c1cc(OCCCc2ccccc2)ccn1. The summed E-state index contributed by atoms with van der Waals surface area (Å²) in [7, 11) is 0. The van der Waals surface area contributed by atoms with E-state index >= 15 is 0 Å². The fraction of sp³-hybridized carbons (Fsp3) is 0.200. The number of hydrogen-bond acceptors (Lipinski definition) is 3. The van der Waals surface area contributed by atoms with Crippen molar-refractivity contribution in [2.45, 2.75) is 12.8 Å². The molecule has 0 fully saturated rings. The van der Waals surface area contributed by atoms with Gasteiger partial charge in [0.25, 0.3) is 0 Å². The number of nitrogens with zero attached hydrogens (tertiary/aromatic N) is 1. The van der Waals surface area contributed by atoms with Crippen molar-refractivity contribution in [2.24, 2.45) is 5.73 Å². The maximum atomic E-state index is 5.66. The fourth-order valence-corrected chi connectivity index (χ4v) is 1.86. The Balaban J connectivity index is 1.80. The maximum absolute atomic E-state index is 5.66. The number of rotatable bonds is 6. The van der Waals surface area contributed by atoms with E-state index < -0.39 is 0 Å². The van der Waals surface area contributed by atoms with Crippen LogP contribution in [0.5, 0.6) is 5.75 Å². The predicted octanol–water partition coefficient (Wildman–Crippen LogP) is 2.73. The van der Waals surface area contributed by atoms with Crippen LogP contribution in [-0.4, -0.2) is 16.6 Å². The van der Waals surface area contributed by atoms with Crippen LogP contribution in [0.4, 0.5) is 0 Å². The minimum absolute atomic E-state index is 0.287. The number of ether oxygens (including phenoxy) is 1. The summed E-state index contributed by atoms with van der Waals surface area (Å²) < 4.78 is 5.66. The molecule has 0 unspecified atom stereocenters. The standard InChI is InChI=1S/C15H16N2OS/c16-15(19)14-11-13(8-9-17-14)18-10-4-7-12-5-2-1-3-6-12/h1-3,5-6,8-9,11H,4,7,10H2,(H2,16,19). The molecule has 0 atom stereocenters. The highest BCUT2D eigenvalue weighted by atomic mass is 32.1. The van der Waals surface area contributed by atoms with E-state index in [0.29, 0.717) is 12.3 Å². The van der Waals surface area contributed by atoms with Gasteiger partial charge in [-0.1, -0.05) is 42.5 Å². The molecule has 1 aromatic carbocycles. The van der Waals surface area contributed by atoms with Gasteiger partial charge in [-0.15, -0.1) is 0 Å². The summed E-state index contributed by atoms with van der Waals surface area (Å²) in [4.78, 5) is 4.36. The molecule has 4 heteroatoms. The molecule has 98 valence electrons. The molecule has 0 aliphatic heterocycles. The summed E-state index contributed by atoms with van der Waals surface area (Å²) in [6.07, 6.45) is 3.63. The molecule has 0 aliphatic carbocycles. The molecule has 0 spiro atoms. The van der Waals surface area contributed by atoms with Crippen LogP contribution in [0.1, 0.15) is 17.7 Å². The van der Waals surface area contributed by atoms with Crippen molar-refractivity contribution >= 4 is 17.2 Å². The van der Waals surface area contributed by atoms with Gasteiger partial charge in [0.15, 0.2) is 0 Å². The highest BCUT2D eigenvalue weighted by Gasteiger charge is 2.00. The Morgan fingerprint density at radius 2 is 2.00 bits per heavy atom. The Morgan fingerprint density at radius 1 is 1.21 bits per heavy atom. The zero-order valence-electron chi connectivity index (χ0n) is 10.6. The number of thiocarbonyl (C=S) groups is 1. The summed E-state index contributed by atoms with van der Waals surface area (Å²) in [6.45, 7) is 0.662. The topological polar surface area (TPSA) is 48.1 Å². The van der Waals surface area contributed by atoms with E-state index in [1.54, 1.807) is 12.3 Å². The van der Waals surface area contributed by atoms with Crippen molar-refractivity contribution in [3.63, 3.8) is 0 Å². The maximum Gasteiger partial charge on any atom is 0.123 e. The lowest BCUT2D eigenvalue weighted by atomic mass is 10.1. The summed E-state index contributed by atoms with van der Waals surface area (Å²) in [5, 5.41) is 0. The average molecular weight is 272 g/mol. The summed E-state index contributed by atoms with van der Waals surface area (Å²) >= 11 is 4.88. The van der Waals surface area contributed by atoms with Gasteiger partial charge in [-0.25, -0.2) is 0 Å². The highest BCUT2D eigenvalue weighted by molar-refractivity contribution is 7.80. The molecule has 3 nitrogen and oxygen atoms in total. The number of nitrogens with two attached hydrogens (primary N) is 1. The first-order valence-electron chi connectivity index (χ1n) is 6.18. The summed E-state index contributed by atoms with van der Waals surface area (Å²) in [5.74, 6) is 0.755. The molecule has 1 heterocycles. The van der Waals surface area contributed by atoms with Crippen LogP contribution in [0.25, 0.3) is 0 Å². The lowest BCUT2D eigenvalue weighted by Gasteiger charge is -2.07. The number of pyridine rings is 1. The minimum Gasteiger partial charge on any atom is -0.493 e. The third kappa shape index (κ3) is 4.34. The van der Waals surface area contributed by atoms with Gasteiger partial charge in [-0.3, -0.25) is 4.98 Å². The highest BCUT2D eigenvalue weighted by Crippen LogP contribution is 2.12. The first-order valence-corrected chi connectivity index (χ1v) is 6.59. The van der Waals surface area contributed by atoms with E-state index in [1.807, 2.05) is 24.3 Å². The smallest absolute Gasteiger partial charge is 0.123 e. The largest absolute Gasteiger partial charge is 0.493 e. The first kappa shape index (κ1) is 13.5. The Morgan fingerprint density at radius 3 is 2.74 bits per heavy atom. The molecular weight excluding hydrogens is 256 g/mol. The number of benzene rings is 1. The Labute approximate surface area is 118 Å². The van der Waals surface area contributed by atoms with E-state index in [4.69, 9.17) is 22.7 Å². The summed E-state index contributed by atoms with van der Waals surface area (Å²) in [5.41, 5.74) is 7.44. The molecule has 0 aliphatic rings. The molecule has 0 radical (unpaired) electrons. The van der Waals surface area contributed by atoms with E-state index in [-0.39, 0.29) is 4.99 Å². The molecule has 0 bridgehead atoms. The quantitative estimate of drug-likeness (QED) is 0.649. The first-order chi connectivity index (χ1) is 9.25. The van der Waals surface area contributed by atoms with Gasteiger partial charge in [0.2, 0.25) is 0 Å². The normalized spacial score (nSPS) is 10.1. The second kappa shape index (κ2) is 6.85. The third-order valence-corrected chi connectivity index (χ3v) is 2.91. The average Bonchev–Trinajstić information content (AvgIpc) is 2.45. The van der Waals surface area contributed by atoms with Crippen LogP contribution >= 0.6 is 12.2 Å². The van der Waals surface area contributed by atoms with Gasteiger partial charge in [0.05, 0.1) is 6.61 Å². The molecular formula is C15H16N2OS. The van der Waals surface area contributed by atoms with Crippen LogP contribution in [0, 0.1) is 0 Å². The van der Waals surface area contributed by atoms with Crippen LogP contribution in [0.2, 0.25) is 0 Å². The zero-order valence-corrected chi connectivity index (χ0v) is 11.4. The van der Waals surface area contributed by atoms with Crippen molar-refractivity contribution < 1.29 is 4.74 Å². The van der Waals surface area contributed by atoms with Crippen molar-refractivity contribution in [1.29, 1.82) is 0 Å². The molecule has 1 aromatic heterocycles. The second-order valence-electron chi connectivity index (χ2n) is 4.18. The van der Waals surface area contributed by atoms with Gasteiger partial charge < -0.3 is 10.5 Å². The lowest BCUT2D eigenvalue weighted by molar-refractivity contribution is 0.310. The monoisotopic (exact) mass is 272 g/mol. The van der Waals surface area contributed by atoms with E-state index in [9.17, 15) is 0 Å². The summed E-state index contributed by atoms with van der Waals surface area (Å²) in [6, 6.07) is 13.9. The molecule has 0 amide bonds. The molecule has 19 heavy (non-hydrogen) atoms. The van der Waals surface area contributed by atoms with E-state index in [2.05, 4.69) is 17.1 Å². The van der Waals surface area contributed by atoms with Gasteiger partial charge in [0.1, 0.15) is 16.4 Å². The second-order valence-corrected chi connectivity index (χ2v) is 4.62. The fourth-order valence-electron chi connectivity index (χ4n) is 1.75. The van der Waals surface area contributed by atoms with Crippen molar-refractivity contribution in [3.05, 3.63) is 59.9 Å². The van der Waals surface area contributed by atoms with Crippen LogP contribution in [0.15, 0.2) is 48.7 Å². The Hall–Kier alpha value is -1.94. The van der Waals surface area contributed by atoms with Crippen LogP contribution in [0.3, 0.4) is 0 Å². The van der Waals surface area contributed by atoms with Crippen molar-refractivity contribution in [2.75, 3.05) is 6.61 Å². The van der Waals surface area contributed by atoms with Crippen LogP contribution in [-0.2, 0) is 6.42 Å². The van der Waals surface area contributed by atoms with Gasteiger partial charge in [-0.2, -0.15) is 0 Å². The van der Waals surface area contributed by atoms with E-state index in [0.717, 1.165) is 18.6 Å². The van der Waals surface area contributed by atoms with Crippen LogP contribution < -0.4 is 10.5 Å². The van der Waals surface area contributed by atoms with E-state index in [1.165, 1.54) is 5.56 Å². The molecule has 2 rings (SSSR count). The molecule has 2 N–H and O–H groups in total. The third-order valence-electron chi connectivity index (χ3n) is 2.71. The minimum atomic E-state index is 0.287. The van der Waals surface area contributed by atoms with Gasteiger partial charge in [-0.05, 0) is 24.5 Å². The predicted molar refractivity (Wildman–Crippen MR) is 80.4 cm³/mol. The number of hydrogen-bond donors (Lipinski definition) is 1. The lowest BCUT2D eigenvalue weighted by Crippen LogP contribution is -2.11.